The summed E-state index contributed by atoms with van der Waals surface area (Å²) in [6.07, 6.45) is 0. The zero-order valence-electron chi connectivity index (χ0n) is 13.5. The molecule has 0 radical (unpaired) electrons. The van der Waals surface area contributed by atoms with Crippen LogP contribution in [0.2, 0.25) is 0 Å². The zero-order chi connectivity index (χ0) is 17.4. The fraction of sp³-hybridized carbons (Fsp3) is 0.211. The number of hydrogen-bond donors (Lipinski definition) is 1. The average molecular weight is 327 g/mol. The number of hydrogen-bond acceptors (Lipinski definition) is 4. The van der Waals surface area contributed by atoms with Crippen molar-refractivity contribution >= 4 is 11.7 Å². The van der Waals surface area contributed by atoms with Crippen molar-refractivity contribution in [2.45, 2.75) is 13.0 Å². The van der Waals surface area contributed by atoms with E-state index < -0.39 is 12.0 Å². The first-order valence-corrected chi connectivity index (χ1v) is 7.46. The van der Waals surface area contributed by atoms with Crippen LogP contribution < -0.4 is 10.1 Å². The Balaban J connectivity index is 2.18. The highest BCUT2D eigenvalue weighted by Gasteiger charge is 2.17. The van der Waals surface area contributed by atoms with Gasteiger partial charge < -0.3 is 14.8 Å². The lowest BCUT2D eigenvalue weighted by atomic mass is 10.2. The zero-order valence-corrected chi connectivity index (χ0v) is 13.5. The highest BCUT2D eigenvalue weighted by molar-refractivity contribution is 5.83. The first-order chi connectivity index (χ1) is 11.6. The van der Waals surface area contributed by atoms with Crippen LogP contribution in [0.3, 0.4) is 0 Å². The molecule has 0 aliphatic carbocycles. The van der Waals surface area contributed by atoms with Crippen molar-refractivity contribution in [2.75, 3.05) is 19.0 Å². The van der Waals surface area contributed by atoms with Crippen LogP contribution in [0, 0.1) is 17.7 Å². The number of esters is 1. The number of carbonyl (C=O) groups excluding carboxylic acids is 1. The summed E-state index contributed by atoms with van der Waals surface area (Å²) >= 11 is 0. The standard InChI is InChI=1S/C19H18FNO3/c1-3-24-19(22)18(13-6-14-4-7-15(20)8-5-14)21-16-9-11-17(23-2)12-10-16/h4-5,7-12,18,21H,3H2,1-2H3. The number of methoxy groups -OCH3 is 1. The molecule has 0 fully saturated rings. The van der Waals surface area contributed by atoms with Gasteiger partial charge in [0.25, 0.3) is 0 Å². The molecule has 4 nitrogen and oxygen atoms in total. The molecule has 0 heterocycles. The Morgan fingerprint density at radius 1 is 1.17 bits per heavy atom. The van der Waals surface area contributed by atoms with Crippen LogP contribution in [0.4, 0.5) is 10.1 Å². The smallest absolute Gasteiger partial charge is 0.341 e. The highest BCUT2D eigenvalue weighted by atomic mass is 19.1. The van der Waals surface area contributed by atoms with Crippen LogP contribution in [0.1, 0.15) is 12.5 Å². The molecule has 5 heteroatoms. The van der Waals surface area contributed by atoms with Crippen LogP contribution in [0.5, 0.6) is 5.75 Å². The molecule has 124 valence electrons. The average Bonchev–Trinajstić information content (AvgIpc) is 2.60. The van der Waals surface area contributed by atoms with Crippen molar-refractivity contribution in [3.8, 4) is 17.6 Å². The van der Waals surface area contributed by atoms with Gasteiger partial charge in [-0.1, -0.05) is 11.8 Å². The predicted octanol–water partition coefficient (Wildman–Crippen LogP) is 3.23. The maximum absolute atomic E-state index is 12.9. The van der Waals surface area contributed by atoms with Crippen molar-refractivity contribution in [2.24, 2.45) is 0 Å². The van der Waals surface area contributed by atoms with Gasteiger partial charge in [0, 0.05) is 11.3 Å². The summed E-state index contributed by atoms with van der Waals surface area (Å²) in [4.78, 5) is 12.1. The molecule has 24 heavy (non-hydrogen) atoms. The molecule has 0 amide bonds. The summed E-state index contributed by atoms with van der Waals surface area (Å²) < 4.78 is 23.1. The molecule has 2 rings (SSSR count). The van der Waals surface area contributed by atoms with Crippen molar-refractivity contribution in [1.82, 2.24) is 0 Å². The first-order valence-electron chi connectivity index (χ1n) is 7.46. The van der Waals surface area contributed by atoms with Gasteiger partial charge in [-0.15, -0.1) is 0 Å². The van der Waals surface area contributed by atoms with Gasteiger partial charge in [0.05, 0.1) is 13.7 Å². The van der Waals surface area contributed by atoms with E-state index >= 15 is 0 Å². The topological polar surface area (TPSA) is 47.6 Å². The first kappa shape index (κ1) is 17.4. The number of benzene rings is 2. The lowest BCUT2D eigenvalue weighted by molar-refractivity contribution is -0.142. The predicted molar refractivity (Wildman–Crippen MR) is 90.3 cm³/mol. The Hall–Kier alpha value is -3.00. The van der Waals surface area contributed by atoms with E-state index in [4.69, 9.17) is 9.47 Å². The molecule has 0 saturated heterocycles. The van der Waals surface area contributed by atoms with Gasteiger partial charge in [-0.2, -0.15) is 0 Å². The van der Waals surface area contributed by atoms with Gasteiger partial charge >= 0.3 is 5.97 Å². The van der Waals surface area contributed by atoms with Gasteiger partial charge in [-0.3, -0.25) is 0 Å². The van der Waals surface area contributed by atoms with E-state index in [1.165, 1.54) is 12.1 Å². The maximum Gasteiger partial charge on any atom is 0.341 e. The molecule has 0 aromatic heterocycles. The Kier molecular flexibility index (Phi) is 6.21. The van der Waals surface area contributed by atoms with Crippen LogP contribution in [-0.2, 0) is 9.53 Å². The fourth-order valence-electron chi connectivity index (χ4n) is 1.92. The molecule has 0 bridgehead atoms. The lowest BCUT2D eigenvalue weighted by Crippen LogP contribution is -2.30. The van der Waals surface area contributed by atoms with Gasteiger partial charge in [0.2, 0.25) is 0 Å². The lowest BCUT2D eigenvalue weighted by Gasteiger charge is -2.13. The number of carbonyl (C=O) groups is 1. The number of nitrogens with one attached hydrogen (secondary N) is 1. The van der Waals surface area contributed by atoms with Crippen molar-refractivity contribution < 1.29 is 18.7 Å². The molecule has 0 saturated carbocycles. The largest absolute Gasteiger partial charge is 0.497 e. The molecule has 0 aliphatic rings. The van der Waals surface area contributed by atoms with E-state index in [1.54, 1.807) is 50.4 Å². The maximum atomic E-state index is 12.9. The third kappa shape index (κ3) is 5.03. The third-order valence-corrected chi connectivity index (χ3v) is 3.13. The van der Waals surface area contributed by atoms with E-state index in [0.29, 0.717) is 17.0 Å². The molecular formula is C19H18FNO3. The van der Waals surface area contributed by atoms with E-state index in [9.17, 15) is 9.18 Å². The van der Waals surface area contributed by atoms with E-state index in [1.807, 2.05) is 0 Å². The Bertz CT molecular complexity index is 730. The van der Waals surface area contributed by atoms with Crippen LogP contribution in [-0.4, -0.2) is 25.7 Å². The van der Waals surface area contributed by atoms with Gasteiger partial charge in [0.15, 0.2) is 6.04 Å². The van der Waals surface area contributed by atoms with Gasteiger partial charge in [0.1, 0.15) is 11.6 Å². The number of rotatable bonds is 5. The second kappa shape index (κ2) is 8.59. The van der Waals surface area contributed by atoms with Crippen molar-refractivity contribution in [3.05, 3.63) is 59.9 Å². The molecule has 1 unspecified atom stereocenters. The number of anilines is 1. The van der Waals surface area contributed by atoms with Crippen LogP contribution in [0.25, 0.3) is 0 Å². The van der Waals surface area contributed by atoms with Crippen LogP contribution in [0.15, 0.2) is 48.5 Å². The fourth-order valence-corrected chi connectivity index (χ4v) is 1.92. The Labute approximate surface area is 140 Å². The van der Waals surface area contributed by atoms with E-state index in [0.717, 1.165) is 0 Å². The second-order valence-corrected chi connectivity index (χ2v) is 4.83. The summed E-state index contributed by atoms with van der Waals surface area (Å²) in [6, 6.07) is 12.0. The monoisotopic (exact) mass is 327 g/mol. The molecule has 1 N–H and O–H groups in total. The Morgan fingerprint density at radius 2 is 1.83 bits per heavy atom. The molecule has 0 spiro atoms. The van der Waals surface area contributed by atoms with Crippen LogP contribution >= 0.6 is 0 Å². The van der Waals surface area contributed by atoms with Crippen molar-refractivity contribution in [1.29, 1.82) is 0 Å². The van der Waals surface area contributed by atoms with Crippen molar-refractivity contribution in [3.63, 3.8) is 0 Å². The summed E-state index contributed by atoms with van der Waals surface area (Å²) in [5.41, 5.74) is 1.32. The van der Waals surface area contributed by atoms with Gasteiger partial charge in [-0.25, -0.2) is 9.18 Å². The van der Waals surface area contributed by atoms with Gasteiger partial charge in [-0.05, 0) is 55.5 Å². The number of halogens is 1. The molecule has 1 atom stereocenters. The summed E-state index contributed by atoms with van der Waals surface area (Å²) in [5, 5.41) is 3.02. The normalized spacial score (nSPS) is 11.0. The minimum Gasteiger partial charge on any atom is -0.497 e. The molecular weight excluding hydrogens is 309 g/mol. The second-order valence-electron chi connectivity index (χ2n) is 4.83. The van der Waals surface area contributed by atoms with E-state index in [2.05, 4.69) is 17.2 Å². The van der Waals surface area contributed by atoms with E-state index in [-0.39, 0.29) is 12.4 Å². The molecule has 2 aromatic carbocycles. The molecule has 0 aliphatic heterocycles. The SMILES string of the molecule is CCOC(=O)C(C#Cc1ccc(F)cc1)Nc1ccc(OC)cc1. The molecule has 2 aromatic rings. The summed E-state index contributed by atoms with van der Waals surface area (Å²) in [6.45, 7) is 1.99. The summed E-state index contributed by atoms with van der Waals surface area (Å²) in [5.74, 6) is 5.59. The minimum absolute atomic E-state index is 0.262. The minimum atomic E-state index is -0.830. The number of ether oxygens (including phenoxy) is 2. The summed E-state index contributed by atoms with van der Waals surface area (Å²) in [7, 11) is 1.58. The quantitative estimate of drug-likeness (QED) is 0.676. The highest BCUT2D eigenvalue weighted by Crippen LogP contribution is 2.16. The third-order valence-electron chi connectivity index (χ3n) is 3.13. The Morgan fingerprint density at radius 3 is 2.42 bits per heavy atom.